The second-order valence-electron chi connectivity index (χ2n) is 11.6. The molecule has 0 saturated carbocycles. The lowest BCUT2D eigenvalue weighted by Gasteiger charge is -2.44. The summed E-state index contributed by atoms with van der Waals surface area (Å²) in [5, 5.41) is 0. The molecular formula is C36H28N2O8. The maximum atomic E-state index is 14.3. The summed E-state index contributed by atoms with van der Waals surface area (Å²) in [5.41, 5.74) is 6.11. The number of rotatable bonds is 5. The topological polar surface area (TPSA) is 112 Å². The lowest BCUT2D eigenvalue weighted by Crippen LogP contribution is -2.55. The van der Waals surface area contributed by atoms with E-state index >= 15 is 0 Å². The van der Waals surface area contributed by atoms with E-state index in [1.54, 1.807) is 31.2 Å². The number of methoxy groups -OCH3 is 1. The number of hydrogen-bond donors (Lipinski definition) is 0. The fraction of sp³-hybridized carbons (Fsp3) is 0.222. The third kappa shape index (κ3) is 3.82. The van der Waals surface area contributed by atoms with Gasteiger partial charge in [-0.1, -0.05) is 60.7 Å². The summed E-state index contributed by atoms with van der Waals surface area (Å²) in [4.78, 5) is 57.3. The summed E-state index contributed by atoms with van der Waals surface area (Å²) < 4.78 is 23.6. The third-order valence-corrected chi connectivity index (χ3v) is 9.41. The van der Waals surface area contributed by atoms with Crippen molar-refractivity contribution in [1.29, 1.82) is 0 Å². The number of hydrogen-bond acceptors (Lipinski definition) is 8. The maximum Gasteiger partial charge on any atom is 0.412 e. The number of aldehydes is 1. The number of imide groups is 1. The molecule has 4 aromatic rings. The highest BCUT2D eigenvalue weighted by molar-refractivity contribution is 6.21. The van der Waals surface area contributed by atoms with Gasteiger partial charge in [-0.3, -0.25) is 14.5 Å². The van der Waals surface area contributed by atoms with Crippen molar-refractivity contribution in [3.63, 3.8) is 0 Å². The molecule has 3 aliphatic heterocycles. The minimum Gasteiger partial charge on any atom is -0.496 e. The molecule has 0 saturated heterocycles. The van der Waals surface area contributed by atoms with Gasteiger partial charge < -0.3 is 23.7 Å². The number of ether oxygens (including phenoxy) is 4. The zero-order valence-corrected chi connectivity index (χ0v) is 25.0. The molecule has 3 amide bonds. The average Bonchev–Trinajstić information content (AvgIpc) is 3.77. The largest absolute Gasteiger partial charge is 0.496 e. The first-order chi connectivity index (χ1) is 22.4. The molecule has 10 heteroatoms. The molecular weight excluding hydrogens is 588 g/mol. The first-order valence-electron chi connectivity index (χ1n) is 15.0. The van der Waals surface area contributed by atoms with E-state index in [0.29, 0.717) is 34.5 Å². The minimum atomic E-state index is -1.38. The van der Waals surface area contributed by atoms with Crippen LogP contribution in [0.2, 0.25) is 0 Å². The first kappa shape index (κ1) is 27.9. The van der Waals surface area contributed by atoms with Crippen LogP contribution in [0.3, 0.4) is 0 Å². The van der Waals surface area contributed by atoms with Gasteiger partial charge in [-0.05, 0) is 41.3 Å². The Morgan fingerprint density at radius 1 is 0.870 bits per heavy atom. The van der Waals surface area contributed by atoms with E-state index in [1.165, 1.54) is 12.0 Å². The summed E-state index contributed by atoms with van der Waals surface area (Å²) in [6.45, 7) is 1.68. The van der Waals surface area contributed by atoms with E-state index in [1.807, 2.05) is 48.5 Å². The molecule has 0 fully saturated rings. The van der Waals surface area contributed by atoms with Gasteiger partial charge in [0, 0.05) is 29.0 Å². The SMILES string of the molecule is COc1c(C)c2c(c3c1C[C@H](C=O)N(C(=O)OCC1c4ccccc4-c4ccccc41)[C@@H]3N1C(=O)c3ccccc3C1=O)OCO2. The summed E-state index contributed by atoms with van der Waals surface area (Å²) in [7, 11) is 1.50. The molecule has 0 unspecified atom stereocenters. The molecule has 230 valence electrons. The normalized spacial score (nSPS) is 19.0. The maximum absolute atomic E-state index is 14.3. The summed E-state index contributed by atoms with van der Waals surface area (Å²) in [6, 6.07) is 21.3. The van der Waals surface area contributed by atoms with Gasteiger partial charge in [0.05, 0.1) is 24.3 Å². The van der Waals surface area contributed by atoms with Crippen LogP contribution < -0.4 is 14.2 Å². The molecule has 0 spiro atoms. The number of amides is 3. The Morgan fingerprint density at radius 2 is 1.43 bits per heavy atom. The fourth-order valence-corrected chi connectivity index (χ4v) is 7.43. The summed E-state index contributed by atoms with van der Waals surface area (Å²) in [6.07, 6.45) is -1.55. The van der Waals surface area contributed by atoms with E-state index in [0.717, 1.165) is 27.2 Å². The predicted molar refractivity (Wildman–Crippen MR) is 164 cm³/mol. The highest BCUT2D eigenvalue weighted by Crippen LogP contribution is 2.54. The third-order valence-electron chi connectivity index (χ3n) is 9.41. The molecule has 46 heavy (non-hydrogen) atoms. The molecule has 1 aliphatic carbocycles. The molecule has 3 heterocycles. The van der Waals surface area contributed by atoms with Crippen molar-refractivity contribution in [3.05, 3.63) is 112 Å². The number of carbonyl (C=O) groups is 4. The molecule has 2 atom stereocenters. The van der Waals surface area contributed by atoms with Crippen LogP contribution in [0.15, 0.2) is 72.8 Å². The number of carbonyl (C=O) groups excluding carboxylic acids is 4. The fourth-order valence-electron chi connectivity index (χ4n) is 7.43. The Balaban J connectivity index is 1.24. The standard InChI is InChI=1S/C36H28N2O8/c1-19-30(43-2)27-15-20(16-39)37(36(42)44-17-28-23-11-5-3-9-21(23)22-10-4-6-12-24(22)28)33(29(27)32-31(19)45-18-46-32)38-34(40)25-13-7-8-14-26(25)35(38)41/h3-14,16,20,28,33H,15,17-18H2,1-2H3/t20-,33-/m1/s1. The van der Waals surface area contributed by atoms with Gasteiger partial charge in [-0.2, -0.15) is 0 Å². The average molecular weight is 617 g/mol. The van der Waals surface area contributed by atoms with Crippen molar-refractivity contribution < 1.29 is 38.1 Å². The molecule has 0 bridgehead atoms. The van der Waals surface area contributed by atoms with E-state index in [-0.39, 0.29) is 42.6 Å². The quantitative estimate of drug-likeness (QED) is 0.217. The van der Waals surface area contributed by atoms with Crippen LogP contribution >= 0.6 is 0 Å². The highest BCUT2D eigenvalue weighted by atomic mass is 16.7. The van der Waals surface area contributed by atoms with Crippen molar-refractivity contribution in [2.45, 2.75) is 31.5 Å². The van der Waals surface area contributed by atoms with Gasteiger partial charge in [-0.25, -0.2) is 9.69 Å². The van der Waals surface area contributed by atoms with Gasteiger partial charge in [0.25, 0.3) is 11.8 Å². The van der Waals surface area contributed by atoms with Crippen molar-refractivity contribution in [2.24, 2.45) is 0 Å². The number of benzene rings is 4. The van der Waals surface area contributed by atoms with Crippen LogP contribution in [-0.4, -0.2) is 60.5 Å². The zero-order chi connectivity index (χ0) is 31.7. The Bertz CT molecular complexity index is 1910. The van der Waals surface area contributed by atoms with Gasteiger partial charge in [0.15, 0.2) is 11.5 Å². The Kier molecular flexibility index (Phi) is 6.35. The Labute approximate surface area is 264 Å². The minimum absolute atomic E-state index is 0.0223. The monoisotopic (exact) mass is 616 g/mol. The number of fused-ring (bicyclic) bond motifs is 7. The van der Waals surface area contributed by atoms with Crippen LogP contribution in [0.5, 0.6) is 17.2 Å². The second-order valence-corrected chi connectivity index (χ2v) is 11.6. The van der Waals surface area contributed by atoms with Gasteiger partial charge in [0.2, 0.25) is 6.79 Å². The van der Waals surface area contributed by atoms with E-state index in [9.17, 15) is 19.2 Å². The van der Waals surface area contributed by atoms with Gasteiger partial charge in [0.1, 0.15) is 24.8 Å². The van der Waals surface area contributed by atoms with Crippen molar-refractivity contribution in [1.82, 2.24) is 9.80 Å². The lowest BCUT2D eigenvalue weighted by molar-refractivity contribution is -0.114. The molecule has 4 aromatic carbocycles. The highest BCUT2D eigenvalue weighted by Gasteiger charge is 2.52. The molecule has 8 rings (SSSR count). The van der Waals surface area contributed by atoms with Gasteiger partial charge >= 0.3 is 6.09 Å². The van der Waals surface area contributed by atoms with Crippen LogP contribution in [0.4, 0.5) is 4.79 Å². The molecule has 0 radical (unpaired) electrons. The lowest BCUT2D eigenvalue weighted by atomic mass is 9.87. The second kappa shape index (κ2) is 10.5. The van der Waals surface area contributed by atoms with Crippen LogP contribution in [0.25, 0.3) is 11.1 Å². The van der Waals surface area contributed by atoms with E-state index in [2.05, 4.69) is 0 Å². The van der Waals surface area contributed by atoms with Crippen LogP contribution in [0.1, 0.15) is 60.6 Å². The van der Waals surface area contributed by atoms with Crippen LogP contribution in [-0.2, 0) is 16.0 Å². The first-order valence-corrected chi connectivity index (χ1v) is 15.0. The smallest absolute Gasteiger partial charge is 0.412 e. The van der Waals surface area contributed by atoms with Gasteiger partial charge in [-0.15, -0.1) is 0 Å². The molecule has 4 aliphatic rings. The zero-order valence-electron chi connectivity index (χ0n) is 25.0. The van der Waals surface area contributed by atoms with Crippen molar-refractivity contribution in [3.8, 4) is 28.4 Å². The Morgan fingerprint density at radius 3 is 2.02 bits per heavy atom. The summed E-state index contributed by atoms with van der Waals surface area (Å²) in [5.74, 6) is -0.354. The van der Waals surface area contributed by atoms with E-state index < -0.39 is 30.1 Å². The molecule has 0 N–H and O–H groups in total. The van der Waals surface area contributed by atoms with E-state index in [4.69, 9.17) is 18.9 Å². The summed E-state index contributed by atoms with van der Waals surface area (Å²) >= 11 is 0. The predicted octanol–water partition coefficient (Wildman–Crippen LogP) is 5.40. The van der Waals surface area contributed by atoms with Crippen molar-refractivity contribution >= 4 is 24.2 Å². The molecule has 10 nitrogen and oxygen atoms in total. The molecule has 0 aromatic heterocycles. The van der Waals surface area contributed by atoms with Crippen molar-refractivity contribution in [2.75, 3.05) is 20.5 Å². The Hall–Kier alpha value is -5.64. The number of nitrogens with zero attached hydrogens (tertiary/aromatic N) is 2. The van der Waals surface area contributed by atoms with Crippen LogP contribution in [0, 0.1) is 6.92 Å².